The van der Waals surface area contributed by atoms with Crippen molar-refractivity contribution in [2.75, 3.05) is 0 Å². The van der Waals surface area contributed by atoms with E-state index in [4.69, 9.17) is 21.1 Å². The maximum Gasteiger partial charge on any atom is 0.279 e. The standard InChI is InChI=1S/C20H23ClN2O4/c1-12-6-5-7-18(13(12)2)27-15(4)20(25)23-22-19(24)14(3)26-17-10-8-16(21)9-11-17/h5-11,14-15H,1-4H3,(H,22,24)(H,23,25)/t14-,15+/m1/s1. The summed E-state index contributed by atoms with van der Waals surface area (Å²) in [6.07, 6.45) is -1.58. The van der Waals surface area contributed by atoms with Crippen LogP contribution in [0.25, 0.3) is 0 Å². The van der Waals surface area contributed by atoms with Gasteiger partial charge in [-0.05, 0) is 69.2 Å². The van der Waals surface area contributed by atoms with Crippen molar-refractivity contribution in [1.29, 1.82) is 0 Å². The number of amides is 2. The van der Waals surface area contributed by atoms with E-state index in [1.165, 1.54) is 0 Å². The van der Waals surface area contributed by atoms with Crippen LogP contribution >= 0.6 is 11.6 Å². The summed E-state index contributed by atoms with van der Waals surface area (Å²) in [6, 6.07) is 12.3. The fourth-order valence-electron chi connectivity index (χ4n) is 2.19. The van der Waals surface area contributed by atoms with Gasteiger partial charge >= 0.3 is 0 Å². The second kappa shape index (κ2) is 9.28. The number of ether oxygens (including phenoxy) is 2. The highest BCUT2D eigenvalue weighted by molar-refractivity contribution is 6.30. The zero-order valence-electron chi connectivity index (χ0n) is 15.7. The summed E-state index contributed by atoms with van der Waals surface area (Å²) in [6.45, 7) is 7.07. The minimum Gasteiger partial charge on any atom is -0.481 e. The molecule has 2 aromatic carbocycles. The average Bonchev–Trinajstić information content (AvgIpc) is 2.64. The number of rotatable bonds is 6. The van der Waals surface area contributed by atoms with Gasteiger partial charge in [0.25, 0.3) is 11.8 Å². The molecule has 27 heavy (non-hydrogen) atoms. The molecule has 0 heterocycles. The Morgan fingerprint density at radius 1 is 0.889 bits per heavy atom. The third kappa shape index (κ3) is 5.89. The van der Waals surface area contributed by atoms with Crippen LogP contribution in [0.1, 0.15) is 25.0 Å². The third-order valence-corrected chi connectivity index (χ3v) is 4.28. The van der Waals surface area contributed by atoms with Crippen LogP contribution < -0.4 is 20.3 Å². The van der Waals surface area contributed by atoms with E-state index in [0.717, 1.165) is 11.1 Å². The Morgan fingerprint density at radius 2 is 1.44 bits per heavy atom. The number of nitrogens with one attached hydrogen (secondary N) is 2. The summed E-state index contributed by atoms with van der Waals surface area (Å²) in [5.74, 6) is 0.170. The van der Waals surface area contributed by atoms with Gasteiger partial charge in [-0.25, -0.2) is 0 Å². The fourth-order valence-corrected chi connectivity index (χ4v) is 2.32. The minimum atomic E-state index is -0.804. The van der Waals surface area contributed by atoms with Crippen LogP contribution in [0.2, 0.25) is 5.02 Å². The average molecular weight is 391 g/mol. The summed E-state index contributed by atoms with van der Waals surface area (Å²) in [7, 11) is 0. The molecule has 0 aliphatic heterocycles. The number of hydrogen-bond acceptors (Lipinski definition) is 4. The summed E-state index contributed by atoms with van der Waals surface area (Å²) in [5.41, 5.74) is 6.72. The lowest BCUT2D eigenvalue weighted by atomic mass is 10.1. The van der Waals surface area contributed by atoms with Crippen LogP contribution in [0.3, 0.4) is 0 Å². The van der Waals surface area contributed by atoms with Gasteiger partial charge < -0.3 is 9.47 Å². The minimum absolute atomic E-state index is 0.469. The summed E-state index contributed by atoms with van der Waals surface area (Å²) < 4.78 is 11.2. The molecule has 0 bridgehead atoms. The highest BCUT2D eigenvalue weighted by Crippen LogP contribution is 2.21. The summed E-state index contributed by atoms with van der Waals surface area (Å²) >= 11 is 5.81. The van der Waals surface area contributed by atoms with Crippen molar-refractivity contribution >= 4 is 23.4 Å². The van der Waals surface area contributed by atoms with Crippen molar-refractivity contribution in [3.8, 4) is 11.5 Å². The molecular weight excluding hydrogens is 368 g/mol. The summed E-state index contributed by atoms with van der Waals surface area (Å²) in [4.78, 5) is 24.2. The number of hydrazine groups is 1. The first-order chi connectivity index (χ1) is 12.8. The van der Waals surface area contributed by atoms with Gasteiger partial charge in [0, 0.05) is 5.02 Å². The number of carbonyl (C=O) groups excluding carboxylic acids is 2. The highest BCUT2D eigenvalue weighted by Gasteiger charge is 2.19. The van der Waals surface area contributed by atoms with E-state index in [1.807, 2.05) is 26.0 Å². The van der Waals surface area contributed by atoms with Crippen molar-refractivity contribution < 1.29 is 19.1 Å². The zero-order valence-corrected chi connectivity index (χ0v) is 16.5. The van der Waals surface area contributed by atoms with Crippen LogP contribution in [0.4, 0.5) is 0 Å². The molecule has 6 nitrogen and oxygen atoms in total. The van der Waals surface area contributed by atoms with E-state index in [2.05, 4.69) is 10.9 Å². The molecule has 0 aromatic heterocycles. The lowest BCUT2D eigenvalue weighted by Crippen LogP contribution is -2.50. The number of carbonyl (C=O) groups is 2. The summed E-state index contributed by atoms with van der Waals surface area (Å²) in [5, 5.41) is 0.574. The molecule has 2 aromatic rings. The Kier molecular flexibility index (Phi) is 7.07. The second-order valence-corrected chi connectivity index (χ2v) is 6.59. The highest BCUT2D eigenvalue weighted by atomic mass is 35.5. The van der Waals surface area contributed by atoms with Gasteiger partial charge in [0.15, 0.2) is 12.2 Å². The number of aryl methyl sites for hydroxylation is 1. The van der Waals surface area contributed by atoms with Crippen molar-refractivity contribution in [2.45, 2.75) is 39.9 Å². The number of halogens is 1. The molecule has 0 saturated carbocycles. The van der Waals surface area contributed by atoms with Gasteiger partial charge in [0.2, 0.25) is 0 Å². The Morgan fingerprint density at radius 3 is 2.04 bits per heavy atom. The molecule has 2 rings (SSSR count). The molecule has 0 radical (unpaired) electrons. The smallest absolute Gasteiger partial charge is 0.279 e. The van der Waals surface area contributed by atoms with Crippen LogP contribution in [0.15, 0.2) is 42.5 Å². The first-order valence-corrected chi connectivity index (χ1v) is 8.90. The molecule has 0 aliphatic carbocycles. The number of hydrogen-bond donors (Lipinski definition) is 2. The molecule has 0 aliphatic rings. The molecule has 0 unspecified atom stereocenters. The van der Waals surface area contributed by atoms with Gasteiger partial charge in [-0.3, -0.25) is 20.4 Å². The Balaban J connectivity index is 1.83. The van der Waals surface area contributed by atoms with Gasteiger partial charge in [-0.1, -0.05) is 23.7 Å². The van der Waals surface area contributed by atoms with Crippen molar-refractivity contribution in [3.05, 3.63) is 58.6 Å². The van der Waals surface area contributed by atoms with E-state index in [0.29, 0.717) is 16.5 Å². The van der Waals surface area contributed by atoms with E-state index in [-0.39, 0.29) is 0 Å². The van der Waals surface area contributed by atoms with Crippen molar-refractivity contribution in [3.63, 3.8) is 0 Å². The van der Waals surface area contributed by atoms with Gasteiger partial charge in [-0.15, -0.1) is 0 Å². The van der Waals surface area contributed by atoms with Crippen molar-refractivity contribution in [1.82, 2.24) is 10.9 Å². The normalized spacial score (nSPS) is 12.6. The van der Waals surface area contributed by atoms with Crippen LogP contribution in [0.5, 0.6) is 11.5 Å². The number of benzene rings is 2. The van der Waals surface area contributed by atoms with Gasteiger partial charge in [0.05, 0.1) is 0 Å². The lowest BCUT2D eigenvalue weighted by Gasteiger charge is -2.19. The quantitative estimate of drug-likeness (QED) is 0.741. The molecule has 144 valence electrons. The second-order valence-electron chi connectivity index (χ2n) is 6.15. The molecule has 2 amide bonds. The van der Waals surface area contributed by atoms with Gasteiger partial charge in [-0.2, -0.15) is 0 Å². The van der Waals surface area contributed by atoms with E-state index < -0.39 is 24.0 Å². The van der Waals surface area contributed by atoms with E-state index in [1.54, 1.807) is 44.2 Å². The molecule has 7 heteroatoms. The first-order valence-electron chi connectivity index (χ1n) is 8.52. The molecule has 2 atom stereocenters. The predicted octanol–water partition coefficient (Wildman–Crippen LogP) is 3.34. The predicted molar refractivity (Wildman–Crippen MR) is 104 cm³/mol. The van der Waals surface area contributed by atoms with E-state index >= 15 is 0 Å². The SMILES string of the molecule is Cc1cccc(O[C@@H](C)C(=O)NNC(=O)[C@@H](C)Oc2ccc(Cl)cc2)c1C. The van der Waals surface area contributed by atoms with Crippen LogP contribution in [-0.4, -0.2) is 24.0 Å². The van der Waals surface area contributed by atoms with Crippen LogP contribution in [0, 0.1) is 13.8 Å². The Bertz CT molecular complexity index is 808. The Labute approximate surface area is 163 Å². The topological polar surface area (TPSA) is 76.7 Å². The van der Waals surface area contributed by atoms with Crippen LogP contribution in [-0.2, 0) is 9.59 Å². The molecule has 0 fully saturated rings. The first kappa shape index (κ1) is 20.6. The Hall–Kier alpha value is -2.73. The third-order valence-electron chi connectivity index (χ3n) is 4.03. The zero-order chi connectivity index (χ0) is 20.0. The van der Waals surface area contributed by atoms with Crippen molar-refractivity contribution in [2.24, 2.45) is 0 Å². The molecular formula is C20H23ClN2O4. The molecule has 0 saturated heterocycles. The maximum absolute atomic E-state index is 12.2. The monoisotopic (exact) mass is 390 g/mol. The fraction of sp³-hybridized carbons (Fsp3) is 0.300. The maximum atomic E-state index is 12.2. The largest absolute Gasteiger partial charge is 0.481 e. The van der Waals surface area contributed by atoms with E-state index in [9.17, 15) is 9.59 Å². The lowest BCUT2D eigenvalue weighted by molar-refractivity contribution is -0.135. The van der Waals surface area contributed by atoms with Gasteiger partial charge in [0.1, 0.15) is 11.5 Å². The molecule has 2 N–H and O–H groups in total. The molecule has 0 spiro atoms.